The number of ether oxygens (including phenoxy) is 2. The molecule has 0 saturated heterocycles. The Hall–Kier alpha value is -1.79. The average Bonchev–Trinajstić information content (AvgIpc) is 2.32. The zero-order valence-electron chi connectivity index (χ0n) is 13.1. The number of alkyl carbamates (subject to hydrolysis) is 1. The number of carbonyl (C=O) groups excluding carboxylic acids is 2. The number of hydrogen-bond acceptors (Lipinski definition) is 5. The number of esters is 1. The van der Waals surface area contributed by atoms with E-state index >= 15 is 0 Å². The fourth-order valence-electron chi connectivity index (χ4n) is 1.41. The Kier molecular flexibility index (Phi) is 8.42. The van der Waals surface area contributed by atoms with Crippen molar-refractivity contribution in [2.75, 3.05) is 6.61 Å². The Labute approximate surface area is 125 Å². The molecule has 122 valence electrons. The number of amides is 1. The van der Waals surface area contributed by atoms with Crippen molar-refractivity contribution >= 4 is 18.0 Å². The molecule has 7 nitrogen and oxygen atoms in total. The normalized spacial score (nSPS) is 12.4. The Morgan fingerprint density at radius 1 is 1.24 bits per heavy atom. The van der Waals surface area contributed by atoms with Gasteiger partial charge in [0.1, 0.15) is 11.6 Å². The third-order valence-corrected chi connectivity index (χ3v) is 2.38. The van der Waals surface area contributed by atoms with Crippen molar-refractivity contribution in [3.05, 3.63) is 0 Å². The molecule has 21 heavy (non-hydrogen) atoms. The van der Waals surface area contributed by atoms with Crippen molar-refractivity contribution < 1.29 is 29.0 Å². The van der Waals surface area contributed by atoms with Crippen molar-refractivity contribution in [1.82, 2.24) is 5.32 Å². The molecule has 0 aromatic heterocycles. The van der Waals surface area contributed by atoms with Crippen molar-refractivity contribution in [3.63, 3.8) is 0 Å². The smallest absolute Gasteiger partial charge is 0.407 e. The maximum atomic E-state index is 11.5. The van der Waals surface area contributed by atoms with Crippen molar-refractivity contribution in [2.24, 2.45) is 0 Å². The minimum atomic E-state index is -1.22. The van der Waals surface area contributed by atoms with Gasteiger partial charge in [-0.3, -0.25) is 4.79 Å². The van der Waals surface area contributed by atoms with E-state index in [1.54, 1.807) is 20.8 Å². The first-order chi connectivity index (χ1) is 9.65. The third kappa shape index (κ3) is 10.6. The zero-order valence-corrected chi connectivity index (χ0v) is 13.1. The summed E-state index contributed by atoms with van der Waals surface area (Å²) in [4.78, 5) is 34.0. The summed E-state index contributed by atoms with van der Waals surface area (Å²) in [7, 11) is 0. The summed E-state index contributed by atoms with van der Waals surface area (Å²) in [6.45, 7) is 7.36. The molecular weight excluding hydrogens is 278 g/mol. The Bertz CT molecular complexity index is 361. The number of carbonyl (C=O) groups is 3. The largest absolute Gasteiger partial charge is 0.480 e. The summed E-state index contributed by atoms with van der Waals surface area (Å²) in [5, 5.41) is 11.2. The summed E-state index contributed by atoms with van der Waals surface area (Å²) >= 11 is 0. The lowest BCUT2D eigenvalue weighted by atomic mass is 10.1. The van der Waals surface area contributed by atoms with E-state index in [2.05, 4.69) is 5.32 Å². The van der Waals surface area contributed by atoms with E-state index in [-0.39, 0.29) is 19.4 Å². The average molecular weight is 303 g/mol. The molecule has 0 bridgehead atoms. The Morgan fingerprint density at radius 2 is 1.86 bits per heavy atom. The second-order valence-electron chi connectivity index (χ2n) is 5.65. The van der Waals surface area contributed by atoms with Gasteiger partial charge in [0, 0.05) is 6.42 Å². The first kappa shape index (κ1) is 19.2. The molecule has 0 rings (SSSR count). The van der Waals surface area contributed by atoms with E-state index in [9.17, 15) is 14.4 Å². The molecule has 0 aliphatic heterocycles. The van der Waals surface area contributed by atoms with Crippen LogP contribution in [0.2, 0.25) is 0 Å². The molecule has 2 N–H and O–H groups in total. The maximum Gasteiger partial charge on any atom is 0.407 e. The van der Waals surface area contributed by atoms with Crippen LogP contribution in [0.15, 0.2) is 0 Å². The van der Waals surface area contributed by atoms with Crippen LogP contribution in [-0.2, 0) is 19.1 Å². The SMILES string of the molecule is CCCCOC(=O)N[C@@H](CCC(=O)OC(C)(C)C)C(=O)O. The minimum Gasteiger partial charge on any atom is -0.480 e. The monoisotopic (exact) mass is 303 g/mol. The van der Waals surface area contributed by atoms with Gasteiger partial charge in [-0.1, -0.05) is 13.3 Å². The summed E-state index contributed by atoms with van der Waals surface area (Å²) < 4.78 is 9.90. The van der Waals surface area contributed by atoms with E-state index in [0.717, 1.165) is 6.42 Å². The molecule has 7 heteroatoms. The van der Waals surface area contributed by atoms with Gasteiger partial charge in [0.15, 0.2) is 0 Å². The summed E-state index contributed by atoms with van der Waals surface area (Å²) in [6, 6.07) is -1.17. The molecule has 0 spiro atoms. The number of aliphatic carboxylic acids is 1. The van der Waals surface area contributed by atoms with Crippen LogP contribution >= 0.6 is 0 Å². The number of carboxylic acids is 1. The molecule has 0 saturated carbocycles. The Balaban J connectivity index is 4.22. The van der Waals surface area contributed by atoms with Gasteiger partial charge in [-0.25, -0.2) is 9.59 Å². The van der Waals surface area contributed by atoms with Gasteiger partial charge >= 0.3 is 18.0 Å². The number of rotatable bonds is 8. The van der Waals surface area contributed by atoms with Crippen LogP contribution in [0, 0.1) is 0 Å². The van der Waals surface area contributed by atoms with E-state index in [1.165, 1.54) is 0 Å². The maximum absolute atomic E-state index is 11.5. The predicted molar refractivity (Wildman–Crippen MR) is 75.9 cm³/mol. The predicted octanol–water partition coefficient (Wildman–Crippen LogP) is 2.09. The third-order valence-electron chi connectivity index (χ3n) is 2.38. The lowest BCUT2D eigenvalue weighted by Gasteiger charge is -2.20. The molecule has 0 aromatic carbocycles. The van der Waals surface area contributed by atoms with E-state index in [1.807, 2.05) is 6.92 Å². The van der Waals surface area contributed by atoms with Crippen molar-refractivity contribution in [1.29, 1.82) is 0 Å². The van der Waals surface area contributed by atoms with E-state index in [0.29, 0.717) is 6.42 Å². The molecule has 1 amide bonds. The van der Waals surface area contributed by atoms with Gasteiger partial charge in [-0.15, -0.1) is 0 Å². The second kappa shape index (κ2) is 9.20. The summed E-state index contributed by atoms with van der Waals surface area (Å²) in [5.74, 6) is -1.72. The highest BCUT2D eigenvalue weighted by molar-refractivity contribution is 5.80. The molecule has 1 atom stereocenters. The van der Waals surface area contributed by atoms with Gasteiger partial charge in [0.25, 0.3) is 0 Å². The zero-order chi connectivity index (χ0) is 16.5. The molecule has 0 aromatic rings. The second-order valence-corrected chi connectivity index (χ2v) is 5.65. The molecule has 0 aliphatic carbocycles. The van der Waals surface area contributed by atoms with E-state index < -0.39 is 29.7 Å². The lowest BCUT2D eigenvalue weighted by molar-refractivity contribution is -0.155. The van der Waals surface area contributed by atoms with Crippen LogP contribution < -0.4 is 5.32 Å². The van der Waals surface area contributed by atoms with Crippen molar-refractivity contribution in [3.8, 4) is 0 Å². The van der Waals surface area contributed by atoms with Crippen LogP contribution in [0.3, 0.4) is 0 Å². The van der Waals surface area contributed by atoms with Crippen LogP contribution in [0.1, 0.15) is 53.4 Å². The molecular formula is C14H25NO6. The minimum absolute atomic E-state index is 0.0485. The quantitative estimate of drug-likeness (QED) is 0.526. The van der Waals surface area contributed by atoms with Gasteiger partial charge in [0.05, 0.1) is 6.61 Å². The highest BCUT2D eigenvalue weighted by atomic mass is 16.6. The van der Waals surface area contributed by atoms with Crippen LogP contribution in [-0.4, -0.2) is 41.4 Å². The molecule has 0 aliphatic rings. The summed E-state index contributed by atoms with van der Waals surface area (Å²) in [5.41, 5.74) is -0.623. The summed E-state index contributed by atoms with van der Waals surface area (Å²) in [6.07, 6.45) is 0.647. The first-order valence-electron chi connectivity index (χ1n) is 7.03. The van der Waals surface area contributed by atoms with Crippen LogP contribution in [0.5, 0.6) is 0 Å². The van der Waals surface area contributed by atoms with E-state index in [4.69, 9.17) is 14.6 Å². The molecule has 0 radical (unpaired) electrons. The number of nitrogens with one attached hydrogen (secondary N) is 1. The number of hydrogen-bond donors (Lipinski definition) is 2. The number of carboxylic acid groups (broad SMARTS) is 1. The van der Waals surface area contributed by atoms with Gasteiger partial charge in [0.2, 0.25) is 0 Å². The van der Waals surface area contributed by atoms with Crippen LogP contribution in [0.4, 0.5) is 4.79 Å². The van der Waals surface area contributed by atoms with Gasteiger partial charge < -0.3 is 19.9 Å². The standard InChI is InChI=1S/C14H25NO6/c1-5-6-9-20-13(19)15-10(12(17)18)7-8-11(16)21-14(2,3)4/h10H,5-9H2,1-4H3,(H,15,19)(H,17,18)/t10-/m0/s1. The fourth-order valence-corrected chi connectivity index (χ4v) is 1.41. The fraction of sp³-hybridized carbons (Fsp3) is 0.786. The van der Waals surface area contributed by atoms with Crippen LogP contribution in [0.25, 0.3) is 0 Å². The molecule has 0 unspecified atom stereocenters. The van der Waals surface area contributed by atoms with Gasteiger partial charge in [-0.05, 0) is 33.6 Å². The first-order valence-corrected chi connectivity index (χ1v) is 7.03. The lowest BCUT2D eigenvalue weighted by Crippen LogP contribution is -2.41. The van der Waals surface area contributed by atoms with Gasteiger partial charge in [-0.2, -0.15) is 0 Å². The molecule has 0 heterocycles. The van der Waals surface area contributed by atoms with Crippen molar-refractivity contribution in [2.45, 2.75) is 65.0 Å². The highest BCUT2D eigenvalue weighted by Gasteiger charge is 2.23. The molecule has 0 fully saturated rings. The topological polar surface area (TPSA) is 102 Å². The Morgan fingerprint density at radius 3 is 2.33 bits per heavy atom. The highest BCUT2D eigenvalue weighted by Crippen LogP contribution is 2.10. The number of unbranched alkanes of at least 4 members (excludes halogenated alkanes) is 1.